The standard InChI is InChI=1S/C21H26N2O2/c1-22-11-9-16-7-8-19(21(25-3)18(16)13-22)23-12-10-15-5-4-6-20(24-2)17(15)14-23/h4-8H,9-14H2,1-3H3. The maximum absolute atomic E-state index is 5.89. The number of methoxy groups -OCH3 is 2. The van der Waals surface area contributed by atoms with Crippen molar-refractivity contribution in [2.24, 2.45) is 0 Å². The quantitative estimate of drug-likeness (QED) is 0.858. The predicted molar refractivity (Wildman–Crippen MR) is 101 cm³/mol. The molecule has 0 aliphatic carbocycles. The lowest BCUT2D eigenvalue weighted by atomic mass is 9.95. The first-order valence-electron chi connectivity index (χ1n) is 8.98. The van der Waals surface area contributed by atoms with Gasteiger partial charge in [-0.3, -0.25) is 0 Å². The van der Waals surface area contributed by atoms with Crippen molar-refractivity contribution < 1.29 is 9.47 Å². The van der Waals surface area contributed by atoms with E-state index in [9.17, 15) is 0 Å². The second kappa shape index (κ2) is 6.60. The molecule has 2 aromatic rings. The summed E-state index contributed by atoms with van der Waals surface area (Å²) in [7, 11) is 5.73. The minimum atomic E-state index is 0.865. The second-order valence-electron chi connectivity index (χ2n) is 7.01. The number of ether oxygens (including phenoxy) is 2. The molecule has 0 atom stereocenters. The Morgan fingerprint density at radius 3 is 2.44 bits per heavy atom. The molecule has 2 aliphatic rings. The van der Waals surface area contributed by atoms with Gasteiger partial charge >= 0.3 is 0 Å². The molecule has 0 fully saturated rings. The Balaban J connectivity index is 1.72. The molecule has 0 N–H and O–H groups in total. The molecule has 4 rings (SSSR count). The number of nitrogens with zero attached hydrogens (tertiary/aromatic N) is 2. The van der Waals surface area contributed by atoms with Gasteiger partial charge in [0.1, 0.15) is 11.5 Å². The monoisotopic (exact) mass is 338 g/mol. The summed E-state index contributed by atoms with van der Waals surface area (Å²) < 4.78 is 11.5. The van der Waals surface area contributed by atoms with Gasteiger partial charge in [0.25, 0.3) is 0 Å². The van der Waals surface area contributed by atoms with Gasteiger partial charge in [-0.15, -0.1) is 0 Å². The molecule has 4 nitrogen and oxygen atoms in total. The summed E-state index contributed by atoms with van der Waals surface area (Å²) in [5, 5.41) is 0. The van der Waals surface area contributed by atoms with Gasteiger partial charge in [0.2, 0.25) is 0 Å². The van der Waals surface area contributed by atoms with Crippen molar-refractivity contribution in [2.75, 3.05) is 39.3 Å². The van der Waals surface area contributed by atoms with E-state index in [4.69, 9.17) is 9.47 Å². The van der Waals surface area contributed by atoms with Crippen LogP contribution in [0.1, 0.15) is 22.3 Å². The highest BCUT2D eigenvalue weighted by atomic mass is 16.5. The average molecular weight is 338 g/mol. The first-order chi connectivity index (χ1) is 12.2. The molecule has 0 radical (unpaired) electrons. The number of rotatable bonds is 3. The fraction of sp³-hybridized carbons (Fsp3) is 0.429. The summed E-state index contributed by atoms with van der Waals surface area (Å²) in [6.07, 6.45) is 2.13. The Kier molecular flexibility index (Phi) is 4.30. The van der Waals surface area contributed by atoms with Crippen molar-refractivity contribution in [3.63, 3.8) is 0 Å². The van der Waals surface area contributed by atoms with Gasteiger partial charge < -0.3 is 19.3 Å². The number of hydrogen-bond acceptors (Lipinski definition) is 4. The third-order valence-corrected chi connectivity index (χ3v) is 5.52. The van der Waals surface area contributed by atoms with E-state index in [2.05, 4.69) is 47.2 Å². The van der Waals surface area contributed by atoms with E-state index in [-0.39, 0.29) is 0 Å². The summed E-state index contributed by atoms with van der Waals surface area (Å²) in [4.78, 5) is 4.79. The second-order valence-corrected chi connectivity index (χ2v) is 7.01. The van der Waals surface area contributed by atoms with Gasteiger partial charge in [-0.05, 0) is 43.1 Å². The van der Waals surface area contributed by atoms with Crippen LogP contribution >= 0.6 is 0 Å². The van der Waals surface area contributed by atoms with Crippen molar-refractivity contribution in [3.8, 4) is 11.5 Å². The highest BCUT2D eigenvalue weighted by Crippen LogP contribution is 2.40. The Morgan fingerprint density at radius 2 is 1.64 bits per heavy atom. The van der Waals surface area contributed by atoms with Gasteiger partial charge in [0.15, 0.2) is 0 Å². The summed E-state index contributed by atoms with van der Waals surface area (Å²) >= 11 is 0. The van der Waals surface area contributed by atoms with Crippen molar-refractivity contribution in [1.29, 1.82) is 0 Å². The van der Waals surface area contributed by atoms with Crippen LogP contribution in [0, 0.1) is 0 Å². The number of anilines is 1. The van der Waals surface area contributed by atoms with E-state index >= 15 is 0 Å². The third kappa shape index (κ3) is 2.85. The van der Waals surface area contributed by atoms with Gasteiger partial charge in [0.05, 0.1) is 19.9 Å². The molecule has 0 aromatic heterocycles. The largest absolute Gasteiger partial charge is 0.496 e. The molecule has 4 heteroatoms. The van der Waals surface area contributed by atoms with Gasteiger partial charge in [-0.2, -0.15) is 0 Å². The lowest BCUT2D eigenvalue weighted by Gasteiger charge is -2.35. The normalized spacial score (nSPS) is 17.0. The van der Waals surface area contributed by atoms with E-state index in [0.29, 0.717) is 0 Å². The molecular weight excluding hydrogens is 312 g/mol. The molecule has 0 bridgehead atoms. The lowest BCUT2D eigenvalue weighted by molar-refractivity contribution is 0.302. The van der Waals surface area contributed by atoms with Crippen molar-refractivity contribution in [3.05, 3.63) is 52.6 Å². The number of likely N-dealkylation sites (N-methyl/N-ethyl adjacent to an activating group) is 1. The Bertz CT molecular complexity index is 773. The molecule has 132 valence electrons. The van der Waals surface area contributed by atoms with E-state index in [1.807, 2.05) is 0 Å². The maximum atomic E-state index is 5.89. The maximum Gasteiger partial charge on any atom is 0.146 e. The SMILES string of the molecule is COc1cccc2c1CN(c1ccc3c(c1OC)CN(C)CC3)CC2. The van der Waals surface area contributed by atoms with Crippen molar-refractivity contribution in [1.82, 2.24) is 4.90 Å². The van der Waals surface area contributed by atoms with Crippen LogP contribution < -0.4 is 14.4 Å². The fourth-order valence-electron chi connectivity index (χ4n) is 4.15. The Labute approximate surface area is 150 Å². The molecule has 0 saturated heterocycles. The lowest BCUT2D eigenvalue weighted by Crippen LogP contribution is -2.32. The minimum Gasteiger partial charge on any atom is -0.496 e. The van der Waals surface area contributed by atoms with E-state index in [1.165, 1.54) is 27.9 Å². The number of hydrogen-bond donors (Lipinski definition) is 0. The van der Waals surface area contributed by atoms with Crippen LogP contribution in [0.5, 0.6) is 11.5 Å². The average Bonchev–Trinajstić information content (AvgIpc) is 2.66. The first-order valence-corrected chi connectivity index (χ1v) is 8.98. The summed E-state index contributed by atoms with van der Waals surface area (Å²) in [6, 6.07) is 10.9. The van der Waals surface area contributed by atoms with Crippen molar-refractivity contribution in [2.45, 2.75) is 25.9 Å². The first kappa shape index (κ1) is 16.3. The number of benzene rings is 2. The summed E-state index contributed by atoms with van der Waals surface area (Å²) in [5.74, 6) is 2.03. The molecule has 0 unspecified atom stereocenters. The Morgan fingerprint density at radius 1 is 0.840 bits per heavy atom. The fourth-order valence-corrected chi connectivity index (χ4v) is 4.15. The number of fused-ring (bicyclic) bond motifs is 2. The smallest absolute Gasteiger partial charge is 0.146 e. The van der Waals surface area contributed by atoms with Crippen LogP contribution in [0.25, 0.3) is 0 Å². The van der Waals surface area contributed by atoms with Gasteiger partial charge in [-0.1, -0.05) is 18.2 Å². The zero-order valence-electron chi connectivity index (χ0n) is 15.3. The molecule has 0 saturated carbocycles. The third-order valence-electron chi connectivity index (χ3n) is 5.52. The van der Waals surface area contributed by atoms with Crippen molar-refractivity contribution >= 4 is 5.69 Å². The molecule has 2 aliphatic heterocycles. The van der Waals surface area contributed by atoms with Crippen LogP contribution in [0.4, 0.5) is 5.69 Å². The van der Waals surface area contributed by atoms with E-state index in [0.717, 1.165) is 50.5 Å². The molecule has 0 spiro atoms. The minimum absolute atomic E-state index is 0.865. The van der Waals surface area contributed by atoms with Crippen LogP contribution in [0.15, 0.2) is 30.3 Å². The molecule has 2 heterocycles. The molecule has 0 amide bonds. The zero-order valence-corrected chi connectivity index (χ0v) is 15.3. The summed E-state index contributed by atoms with van der Waals surface area (Å²) in [5.41, 5.74) is 6.67. The molecular formula is C21H26N2O2. The highest BCUT2D eigenvalue weighted by molar-refractivity contribution is 5.66. The van der Waals surface area contributed by atoms with Gasteiger partial charge in [0, 0.05) is 37.3 Å². The van der Waals surface area contributed by atoms with E-state index < -0.39 is 0 Å². The van der Waals surface area contributed by atoms with Crippen LogP contribution in [-0.2, 0) is 25.9 Å². The van der Waals surface area contributed by atoms with Gasteiger partial charge in [-0.25, -0.2) is 0 Å². The van der Waals surface area contributed by atoms with Crippen LogP contribution in [-0.4, -0.2) is 39.3 Å². The zero-order chi connectivity index (χ0) is 17.4. The van der Waals surface area contributed by atoms with Crippen LogP contribution in [0.2, 0.25) is 0 Å². The topological polar surface area (TPSA) is 24.9 Å². The van der Waals surface area contributed by atoms with Crippen LogP contribution in [0.3, 0.4) is 0 Å². The molecule has 2 aromatic carbocycles. The molecule has 25 heavy (non-hydrogen) atoms. The Hall–Kier alpha value is -2.20. The van der Waals surface area contributed by atoms with E-state index in [1.54, 1.807) is 14.2 Å². The predicted octanol–water partition coefficient (Wildman–Crippen LogP) is 3.25. The highest BCUT2D eigenvalue weighted by Gasteiger charge is 2.25. The summed E-state index contributed by atoms with van der Waals surface area (Å²) in [6.45, 7) is 3.94.